The largest absolute Gasteiger partial charge is 0.310 e. The van der Waals surface area contributed by atoms with Crippen molar-refractivity contribution >= 4 is 49.6 Å². The molecule has 11 aromatic rings. The second-order valence-electron chi connectivity index (χ2n) is 15.0. The average molecular weight is 739 g/mol. The molecule has 0 amide bonds. The molecule has 2 nitrogen and oxygen atoms in total. The van der Waals surface area contributed by atoms with E-state index in [4.69, 9.17) is 0 Å². The van der Waals surface area contributed by atoms with E-state index in [2.05, 4.69) is 240 Å². The van der Waals surface area contributed by atoms with E-state index in [0.717, 1.165) is 17.1 Å². The summed E-state index contributed by atoms with van der Waals surface area (Å²) in [5.74, 6) is 0. The van der Waals surface area contributed by atoms with Gasteiger partial charge in [0, 0.05) is 33.5 Å². The molecule has 0 unspecified atom stereocenters. The standard InChI is InChI=1S/C56H38N2/c1-3-10-39(11-4-1)42-26-32-49(33-27-42)57(50-34-28-43(29-35-50)40-12-5-2-6-13-40)52-17-7-16-48(38-52)45-22-20-41(21-23-45)44-30-36-51(37-31-44)58-53-18-8-14-46-24-25-47-15-9-19-54(58)56(47)55(46)53/h1-38H. The lowest BCUT2D eigenvalue weighted by Crippen LogP contribution is -2.10. The third-order valence-electron chi connectivity index (χ3n) is 11.6. The molecule has 0 aliphatic rings. The molecule has 1 heterocycles. The van der Waals surface area contributed by atoms with Gasteiger partial charge in [-0.3, -0.25) is 0 Å². The van der Waals surface area contributed by atoms with Gasteiger partial charge in [-0.1, -0.05) is 170 Å². The maximum absolute atomic E-state index is 2.41. The van der Waals surface area contributed by atoms with Gasteiger partial charge in [0.25, 0.3) is 0 Å². The highest BCUT2D eigenvalue weighted by molar-refractivity contribution is 6.24. The molecule has 0 radical (unpaired) electrons. The highest BCUT2D eigenvalue weighted by atomic mass is 15.1. The zero-order chi connectivity index (χ0) is 38.4. The Kier molecular flexibility index (Phi) is 8.19. The zero-order valence-corrected chi connectivity index (χ0v) is 31.8. The molecule has 0 N–H and O–H groups in total. The number of anilines is 3. The molecular formula is C56H38N2. The Morgan fingerprint density at radius 3 is 1.12 bits per heavy atom. The van der Waals surface area contributed by atoms with Crippen LogP contribution in [0.1, 0.15) is 0 Å². The Morgan fingerprint density at radius 2 is 0.638 bits per heavy atom. The van der Waals surface area contributed by atoms with Crippen molar-refractivity contribution in [1.29, 1.82) is 0 Å². The van der Waals surface area contributed by atoms with Crippen molar-refractivity contribution < 1.29 is 0 Å². The second kappa shape index (κ2) is 14.1. The minimum absolute atomic E-state index is 1.10. The first-order valence-electron chi connectivity index (χ1n) is 19.9. The first-order valence-corrected chi connectivity index (χ1v) is 19.9. The summed E-state index contributed by atoms with van der Waals surface area (Å²) in [6.45, 7) is 0. The van der Waals surface area contributed by atoms with Crippen LogP contribution in [0.25, 0.3) is 82.8 Å². The van der Waals surface area contributed by atoms with Crippen molar-refractivity contribution in [1.82, 2.24) is 4.57 Å². The molecule has 272 valence electrons. The van der Waals surface area contributed by atoms with Crippen molar-refractivity contribution in [3.8, 4) is 50.2 Å². The quantitative estimate of drug-likeness (QED) is 0.141. The van der Waals surface area contributed by atoms with Gasteiger partial charge in [0.05, 0.1) is 11.0 Å². The fraction of sp³-hybridized carbons (Fsp3) is 0. The van der Waals surface area contributed by atoms with Crippen LogP contribution in [-0.2, 0) is 0 Å². The van der Waals surface area contributed by atoms with E-state index in [9.17, 15) is 0 Å². The van der Waals surface area contributed by atoms with Gasteiger partial charge in [0.2, 0.25) is 0 Å². The van der Waals surface area contributed by atoms with Crippen molar-refractivity contribution in [2.45, 2.75) is 0 Å². The fourth-order valence-electron chi connectivity index (χ4n) is 8.69. The molecule has 1 aromatic heterocycles. The number of rotatable bonds is 8. The Bertz CT molecular complexity index is 3010. The van der Waals surface area contributed by atoms with E-state index in [1.807, 2.05) is 0 Å². The number of hydrogen-bond donors (Lipinski definition) is 0. The summed E-state index contributed by atoms with van der Waals surface area (Å²) in [7, 11) is 0. The topological polar surface area (TPSA) is 8.17 Å². The maximum Gasteiger partial charge on any atom is 0.0547 e. The van der Waals surface area contributed by atoms with Crippen LogP contribution >= 0.6 is 0 Å². The number of benzene rings is 10. The van der Waals surface area contributed by atoms with E-state index < -0.39 is 0 Å². The predicted molar refractivity (Wildman–Crippen MR) is 246 cm³/mol. The summed E-state index contributed by atoms with van der Waals surface area (Å²) in [6.07, 6.45) is 0. The van der Waals surface area contributed by atoms with Crippen LogP contribution in [-0.4, -0.2) is 4.57 Å². The van der Waals surface area contributed by atoms with Gasteiger partial charge in [0.1, 0.15) is 0 Å². The van der Waals surface area contributed by atoms with E-state index in [-0.39, 0.29) is 0 Å². The van der Waals surface area contributed by atoms with Crippen LogP contribution in [0.15, 0.2) is 231 Å². The van der Waals surface area contributed by atoms with Gasteiger partial charge < -0.3 is 9.47 Å². The highest BCUT2D eigenvalue weighted by Gasteiger charge is 2.17. The summed E-state index contributed by atoms with van der Waals surface area (Å²) in [5.41, 5.74) is 16.5. The van der Waals surface area contributed by atoms with Crippen LogP contribution in [0.5, 0.6) is 0 Å². The third-order valence-corrected chi connectivity index (χ3v) is 11.6. The molecule has 0 aliphatic carbocycles. The maximum atomic E-state index is 2.41. The van der Waals surface area contributed by atoms with E-state index in [1.54, 1.807) is 0 Å². The van der Waals surface area contributed by atoms with Crippen molar-refractivity contribution in [3.05, 3.63) is 231 Å². The van der Waals surface area contributed by atoms with Gasteiger partial charge in [0.15, 0.2) is 0 Å². The number of aromatic nitrogens is 1. The lowest BCUT2D eigenvalue weighted by Gasteiger charge is -2.26. The zero-order valence-electron chi connectivity index (χ0n) is 31.8. The van der Waals surface area contributed by atoms with Crippen LogP contribution in [0.3, 0.4) is 0 Å². The molecule has 2 heteroatoms. The molecule has 10 aromatic carbocycles. The van der Waals surface area contributed by atoms with E-state index in [0.29, 0.717) is 0 Å². The second-order valence-corrected chi connectivity index (χ2v) is 15.0. The number of hydrogen-bond acceptors (Lipinski definition) is 1. The molecular weight excluding hydrogens is 701 g/mol. The molecule has 58 heavy (non-hydrogen) atoms. The third kappa shape index (κ3) is 5.91. The van der Waals surface area contributed by atoms with Crippen molar-refractivity contribution in [2.24, 2.45) is 0 Å². The molecule has 0 aliphatic heterocycles. The Balaban J connectivity index is 0.910. The van der Waals surface area contributed by atoms with Crippen LogP contribution in [0.4, 0.5) is 17.1 Å². The van der Waals surface area contributed by atoms with Crippen LogP contribution in [0, 0.1) is 0 Å². The Morgan fingerprint density at radius 1 is 0.259 bits per heavy atom. The number of nitrogens with zero attached hydrogens (tertiary/aromatic N) is 2. The van der Waals surface area contributed by atoms with Gasteiger partial charge in [-0.2, -0.15) is 0 Å². The molecule has 0 fully saturated rings. The summed E-state index contributed by atoms with van der Waals surface area (Å²) in [6, 6.07) is 83.5. The lowest BCUT2D eigenvalue weighted by atomic mass is 9.99. The van der Waals surface area contributed by atoms with Crippen LogP contribution in [0.2, 0.25) is 0 Å². The molecule has 11 rings (SSSR count). The van der Waals surface area contributed by atoms with Crippen molar-refractivity contribution in [3.63, 3.8) is 0 Å². The minimum atomic E-state index is 1.10. The molecule has 0 bridgehead atoms. The first-order chi connectivity index (χ1) is 28.7. The molecule has 0 saturated heterocycles. The monoisotopic (exact) mass is 738 g/mol. The van der Waals surface area contributed by atoms with Gasteiger partial charge in [-0.15, -0.1) is 0 Å². The minimum Gasteiger partial charge on any atom is -0.310 e. The SMILES string of the molecule is c1ccc(-c2ccc(N(c3ccc(-c4ccccc4)cc3)c3cccc(-c4ccc(-c5ccc(-n6c7cccc8ccc9cccc6c9c87)cc5)cc4)c3)cc2)cc1. The van der Waals surface area contributed by atoms with Gasteiger partial charge in [-0.25, -0.2) is 0 Å². The Hall–Kier alpha value is -7.68. The van der Waals surface area contributed by atoms with Crippen LogP contribution < -0.4 is 4.90 Å². The molecule has 0 atom stereocenters. The van der Waals surface area contributed by atoms with Gasteiger partial charge >= 0.3 is 0 Å². The first kappa shape index (κ1) is 33.6. The Labute approximate surface area is 338 Å². The smallest absolute Gasteiger partial charge is 0.0547 e. The van der Waals surface area contributed by atoms with Gasteiger partial charge in [-0.05, 0) is 116 Å². The van der Waals surface area contributed by atoms with Crippen molar-refractivity contribution in [2.75, 3.05) is 4.90 Å². The fourth-order valence-corrected chi connectivity index (χ4v) is 8.69. The summed E-state index contributed by atoms with van der Waals surface area (Å²) < 4.78 is 2.41. The molecule has 0 spiro atoms. The summed E-state index contributed by atoms with van der Waals surface area (Å²) in [5, 5.41) is 5.24. The average Bonchev–Trinajstić information content (AvgIpc) is 3.65. The summed E-state index contributed by atoms with van der Waals surface area (Å²) >= 11 is 0. The highest BCUT2D eigenvalue weighted by Crippen LogP contribution is 2.41. The molecule has 0 saturated carbocycles. The predicted octanol–water partition coefficient (Wildman–Crippen LogP) is 15.5. The van der Waals surface area contributed by atoms with E-state index >= 15 is 0 Å². The van der Waals surface area contributed by atoms with E-state index in [1.165, 1.54) is 82.8 Å². The summed E-state index contributed by atoms with van der Waals surface area (Å²) in [4.78, 5) is 2.35. The lowest BCUT2D eigenvalue weighted by molar-refractivity contribution is 1.18. The normalized spacial score (nSPS) is 11.4.